The van der Waals surface area contributed by atoms with Crippen LogP contribution >= 0.6 is 0 Å². The number of imide groups is 1. The van der Waals surface area contributed by atoms with Crippen molar-refractivity contribution in [3.05, 3.63) is 70.2 Å². The second-order valence-corrected chi connectivity index (χ2v) is 17.1. The third-order valence-electron chi connectivity index (χ3n) is 13.4. The van der Waals surface area contributed by atoms with Gasteiger partial charge >= 0.3 is 5.69 Å². The van der Waals surface area contributed by atoms with Gasteiger partial charge in [0.05, 0.1) is 53.3 Å². The fourth-order valence-electron chi connectivity index (χ4n) is 10.1. The number of likely N-dealkylation sites (tertiary alicyclic amines) is 1. The summed E-state index contributed by atoms with van der Waals surface area (Å²) in [4.78, 5) is 60.5. The molecule has 3 amide bonds. The van der Waals surface area contributed by atoms with E-state index in [2.05, 4.69) is 42.7 Å². The van der Waals surface area contributed by atoms with Crippen molar-refractivity contribution in [2.24, 2.45) is 13.0 Å². The average molecular weight is 852 g/mol. The molecular weight excluding hydrogens is 805 g/mol. The van der Waals surface area contributed by atoms with Crippen molar-refractivity contribution in [2.75, 3.05) is 43.1 Å². The molecule has 0 spiro atoms. The van der Waals surface area contributed by atoms with E-state index in [1.54, 1.807) is 30.1 Å². The van der Waals surface area contributed by atoms with E-state index in [1.165, 1.54) is 26.0 Å². The number of nitrogens with one attached hydrogen (secondary N) is 2. The molecule has 0 radical (unpaired) electrons. The number of morpholine rings is 1. The first kappa shape index (κ1) is 40.0. The third-order valence-corrected chi connectivity index (χ3v) is 13.4. The highest BCUT2D eigenvalue weighted by Gasteiger charge is 2.40. The van der Waals surface area contributed by atoms with Crippen molar-refractivity contribution in [3.63, 3.8) is 0 Å². The zero-order chi connectivity index (χ0) is 42.6. The van der Waals surface area contributed by atoms with Crippen molar-refractivity contribution in [3.8, 4) is 12.0 Å². The number of ether oxygens (including phenoxy) is 2. The van der Waals surface area contributed by atoms with Crippen LogP contribution in [-0.4, -0.2) is 107 Å². The van der Waals surface area contributed by atoms with E-state index >= 15 is 0 Å². The monoisotopic (exact) mass is 851 g/mol. The van der Waals surface area contributed by atoms with Crippen LogP contribution in [0.15, 0.2) is 47.7 Å². The van der Waals surface area contributed by atoms with Gasteiger partial charge in [0.2, 0.25) is 11.8 Å². The van der Waals surface area contributed by atoms with E-state index in [0.717, 1.165) is 70.4 Å². The van der Waals surface area contributed by atoms with Crippen molar-refractivity contribution in [2.45, 2.75) is 94.5 Å². The molecule has 1 unspecified atom stereocenters. The summed E-state index contributed by atoms with van der Waals surface area (Å²) in [5, 5.41) is 13.6. The Kier molecular flexibility index (Phi) is 10.5. The maximum atomic E-state index is 14.3. The summed E-state index contributed by atoms with van der Waals surface area (Å²) < 4.78 is 46.2. The lowest BCUT2D eigenvalue weighted by atomic mass is 9.88. The molecule has 17 nitrogen and oxygen atoms in total. The summed E-state index contributed by atoms with van der Waals surface area (Å²) >= 11 is 0. The Balaban J connectivity index is 0.720. The molecule has 4 aromatic heterocycles. The maximum Gasteiger partial charge on any atom is 0.329 e. The summed E-state index contributed by atoms with van der Waals surface area (Å²) in [7, 11) is 1.64. The largest absolute Gasteiger partial charge is 0.446 e. The summed E-state index contributed by atoms with van der Waals surface area (Å²) in [6, 6.07) is 7.02. The van der Waals surface area contributed by atoms with Gasteiger partial charge in [0.1, 0.15) is 30.1 Å². The van der Waals surface area contributed by atoms with E-state index in [-0.39, 0.29) is 53.9 Å². The number of rotatable bonds is 9. The number of carbonyl (C=O) groups excluding carboxylic acids is 3. The van der Waals surface area contributed by atoms with E-state index in [0.29, 0.717) is 47.4 Å². The Morgan fingerprint density at radius 2 is 1.85 bits per heavy atom. The van der Waals surface area contributed by atoms with Crippen LogP contribution in [-0.2, 0) is 26.1 Å². The van der Waals surface area contributed by atoms with Crippen LogP contribution in [0, 0.1) is 17.9 Å². The van der Waals surface area contributed by atoms with Gasteiger partial charge in [-0.2, -0.15) is 10.2 Å². The number of imidazole rings is 1. The SMILES string of the molecule is Cn1c(=O)n(C2CCC(=O)NC2=O)c2cccc(C#COCC3CCN(C4CCC(n5cc(NC(=O)c6cnn7ccc(N8C[C@H]9C[C@@H]8CO9)nc67)c(C(F)F)n5)CC4)CC3)c21. The molecule has 62 heavy (non-hydrogen) atoms. The number of fused-ring (bicyclic) bond motifs is 4. The van der Waals surface area contributed by atoms with Gasteiger partial charge in [-0.05, 0) is 94.5 Å². The van der Waals surface area contributed by atoms with Crippen LogP contribution in [0.25, 0.3) is 16.7 Å². The number of piperidine rings is 2. The molecule has 5 aromatic rings. The highest BCUT2D eigenvalue weighted by molar-refractivity contribution is 6.08. The molecule has 3 atom stereocenters. The zero-order valence-corrected chi connectivity index (χ0v) is 34.2. The van der Waals surface area contributed by atoms with Gasteiger partial charge in [-0.1, -0.05) is 6.07 Å². The van der Waals surface area contributed by atoms with Crippen molar-refractivity contribution >= 4 is 45.9 Å². The number of hydrogen-bond donors (Lipinski definition) is 2. The van der Waals surface area contributed by atoms with Crippen molar-refractivity contribution < 1.29 is 32.6 Å². The molecule has 10 rings (SSSR count). The summed E-state index contributed by atoms with van der Waals surface area (Å²) in [5.74, 6) is 2.73. The summed E-state index contributed by atoms with van der Waals surface area (Å²) in [6.45, 7) is 3.70. The van der Waals surface area contributed by atoms with Crippen LogP contribution in [0.3, 0.4) is 0 Å². The molecule has 324 valence electrons. The molecule has 5 aliphatic rings. The lowest BCUT2D eigenvalue weighted by molar-refractivity contribution is -0.135. The number of alkyl halides is 2. The fourth-order valence-corrected chi connectivity index (χ4v) is 10.1. The second kappa shape index (κ2) is 16.3. The number of amides is 3. The van der Waals surface area contributed by atoms with Gasteiger partial charge < -0.3 is 24.6 Å². The topological polar surface area (TPSA) is 175 Å². The highest BCUT2D eigenvalue weighted by Crippen LogP contribution is 2.36. The molecule has 4 aliphatic heterocycles. The standard InChI is InChI=1S/C43H47F2N11O6/c1-51-38-26(3-2-4-33(38)56(43(51)60)34-9-10-36(57)49-42(34)59)14-18-61-23-25-11-15-52(16-12-25)27-5-7-28(8-6-27)55-22-32(37(50-55)39(44)45)47-41(58)31-20-46-54-17-13-35(48-40(31)54)53-21-30-19-29(53)24-62-30/h2-4,13,17,20,22,25,27-30,34,39H,5-12,15-16,19,21,23-24H2,1H3,(H,47,58)(H,49,57,59)/t27?,28?,29-,30-,34?/m1/s1. The number of benzene rings is 1. The Bertz CT molecular complexity index is 2680. The molecular formula is C43H47F2N11O6. The second-order valence-electron chi connectivity index (χ2n) is 17.1. The number of hydrogen-bond acceptors (Lipinski definition) is 11. The van der Waals surface area contributed by atoms with Gasteiger partial charge in [0.15, 0.2) is 11.3 Å². The number of halogens is 2. The van der Waals surface area contributed by atoms with Gasteiger partial charge in [0, 0.05) is 38.4 Å². The molecule has 5 fully saturated rings. The van der Waals surface area contributed by atoms with Gasteiger partial charge in [0.25, 0.3) is 12.3 Å². The molecule has 4 saturated heterocycles. The number of anilines is 2. The summed E-state index contributed by atoms with van der Waals surface area (Å²) in [5.41, 5.74) is 1.49. The smallest absolute Gasteiger partial charge is 0.329 e. The van der Waals surface area contributed by atoms with E-state index in [1.807, 2.05) is 12.1 Å². The quantitative estimate of drug-likeness (QED) is 0.162. The lowest BCUT2D eigenvalue weighted by Gasteiger charge is -2.40. The highest BCUT2D eigenvalue weighted by atomic mass is 19.3. The first-order chi connectivity index (χ1) is 30.1. The number of para-hydroxylation sites is 1. The van der Waals surface area contributed by atoms with Gasteiger partial charge in [-0.25, -0.2) is 23.1 Å². The van der Waals surface area contributed by atoms with Gasteiger partial charge in [-0.15, -0.1) is 0 Å². The number of aromatic nitrogens is 7. The van der Waals surface area contributed by atoms with Gasteiger partial charge in [-0.3, -0.25) is 33.5 Å². The Labute approximate surface area is 354 Å². The number of aryl methyl sites for hydroxylation is 1. The molecule has 8 heterocycles. The van der Waals surface area contributed by atoms with E-state index in [9.17, 15) is 28.0 Å². The predicted octanol–water partition coefficient (Wildman–Crippen LogP) is 3.95. The lowest BCUT2D eigenvalue weighted by Crippen LogP contribution is -2.44. The molecule has 2 bridgehead atoms. The third kappa shape index (κ3) is 7.38. The Morgan fingerprint density at radius 1 is 1.05 bits per heavy atom. The first-order valence-electron chi connectivity index (χ1n) is 21.4. The minimum atomic E-state index is -2.87. The average Bonchev–Trinajstić information content (AvgIpc) is 4.13. The number of nitrogens with zero attached hydrogens (tertiary/aromatic N) is 9. The normalized spacial score (nSPS) is 24.5. The number of carbonyl (C=O) groups is 3. The molecule has 1 saturated carbocycles. The molecule has 2 N–H and O–H groups in total. The van der Waals surface area contributed by atoms with Crippen molar-refractivity contribution in [1.82, 2.24) is 43.7 Å². The Morgan fingerprint density at radius 3 is 2.60 bits per heavy atom. The van der Waals surface area contributed by atoms with Crippen LogP contribution in [0.4, 0.5) is 20.3 Å². The molecule has 1 aliphatic carbocycles. The maximum absolute atomic E-state index is 14.3. The van der Waals surface area contributed by atoms with E-state index < -0.39 is 30.0 Å². The van der Waals surface area contributed by atoms with Crippen LogP contribution in [0.2, 0.25) is 0 Å². The first-order valence-corrected chi connectivity index (χ1v) is 21.4. The zero-order valence-electron chi connectivity index (χ0n) is 34.2. The summed E-state index contributed by atoms with van der Waals surface area (Å²) in [6.07, 6.45) is 11.5. The molecule has 1 aromatic carbocycles. The van der Waals surface area contributed by atoms with Crippen LogP contribution in [0.1, 0.15) is 97.9 Å². The van der Waals surface area contributed by atoms with Crippen LogP contribution in [0.5, 0.6) is 0 Å². The minimum absolute atomic E-state index is 0.0165. The Hall–Kier alpha value is -6.13. The van der Waals surface area contributed by atoms with E-state index in [4.69, 9.17) is 14.5 Å². The minimum Gasteiger partial charge on any atom is -0.446 e. The predicted molar refractivity (Wildman–Crippen MR) is 221 cm³/mol. The van der Waals surface area contributed by atoms with Crippen molar-refractivity contribution in [1.29, 1.82) is 0 Å². The molecule has 19 heteroatoms. The van der Waals surface area contributed by atoms with Crippen LogP contribution < -0.4 is 21.2 Å². The fraction of sp³-hybridized carbons (Fsp3) is 0.512.